The molecule has 0 radical (unpaired) electrons. The predicted octanol–water partition coefficient (Wildman–Crippen LogP) is 3.78. The largest absolute Gasteiger partial charge is 0.335 e. The third-order valence-corrected chi connectivity index (χ3v) is 3.26. The van der Waals surface area contributed by atoms with Crippen molar-refractivity contribution in [3.05, 3.63) is 18.2 Å². The molecule has 1 aromatic rings. The highest BCUT2D eigenvalue weighted by atomic mass is 15.1. The molecule has 1 heterocycles. The summed E-state index contributed by atoms with van der Waals surface area (Å²) < 4.78 is 2.32. The quantitative estimate of drug-likeness (QED) is 0.689. The van der Waals surface area contributed by atoms with E-state index >= 15 is 0 Å². The van der Waals surface area contributed by atoms with Crippen molar-refractivity contribution >= 4 is 0 Å². The average molecular weight is 265 g/mol. The van der Waals surface area contributed by atoms with Crippen molar-refractivity contribution < 1.29 is 0 Å². The van der Waals surface area contributed by atoms with Gasteiger partial charge in [0.2, 0.25) is 0 Å². The zero-order valence-electron chi connectivity index (χ0n) is 13.2. The van der Waals surface area contributed by atoms with E-state index in [1.54, 1.807) is 0 Å². The fourth-order valence-electron chi connectivity index (χ4n) is 2.22. The first-order valence-corrected chi connectivity index (χ1v) is 7.78. The highest BCUT2D eigenvalue weighted by Crippen LogP contribution is 2.07. The fourth-order valence-corrected chi connectivity index (χ4v) is 2.22. The van der Waals surface area contributed by atoms with Crippen LogP contribution in [-0.4, -0.2) is 21.6 Å². The molecule has 0 atom stereocenters. The SMILES string of the molecule is CCCc1nccn1CCCCCCNC(C)(C)C. The maximum absolute atomic E-state index is 4.41. The van der Waals surface area contributed by atoms with Crippen molar-refractivity contribution in [3.63, 3.8) is 0 Å². The number of aryl methyl sites for hydroxylation is 2. The van der Waals surface area contributed by atoms with Gasteiger partial charge >= 0.3 is 0 Å². The molecule has 19 heavy (non-hydrogen) atoms. The van der Waals surface area contributed by atoms with Gasteiger partial charge in [0, 0.05) is 30.9 Å². The van der Waals surface area contributed by atoms with Crippen LogP contribution in [0.25, 0.3) is 0 Å². The van der Waals surface area contributed by atoms with Crippen LogP contribution in [0.4, 0.5) is 0 Å². The smallest absolute Gasteiger partial charge is 0.108 e. The van der Waals surface area contributed by atoms with Crippen LogP contribution in [0.1, 0.15) is 65.6 Å². The molecule has 3 heteroatoms. The Morgan fingerprint density at radius 2 is 1.89 bits per heavy atom. The molecule has 1 rings (SSSR count). The molecule has 0 saturated carbocycles. The van der Waals surface area contributed by atoms with E-state index < -0.39 is 0 Å². The molecule has 0 spiro atoms. The number of hydrogen-bond acceptors (Lipinski definition) is 2. The minimum Gasteiger partial charge on any atom is -0.335 e. The molecule has 0 aliphatic carbocycles. The van der Waals surface area contributed by atoms with Crippen molar-refractivity contribution in [1.29, 1.82) is 0 Å². The minimum absolute atomic E-state index is 0.256. The summed E-state index contributed by atoms with van der Waals surface area (Å²) in [7, 11) is 0. The first kappa shape index (κ1) is 16.2. The van der Waals surface area contributed by atoms with Crippen molar-refractivity contribution in [2.24, 2.45) is 0 Å². The second kappa shape index (κ2) is 8.36. The summed E-state index contributed by atoms with van der Waals surface area (Å²) in [5, 5.41) is 3.54. The highest BCUT2D eigenvalue weighted by molar-refractivity contribution is 4.92. The van der Waals surface area contributed by atoms with E-state index in [1.807, 2.05) is 6.20 Å². The van der Waals surface area contributed by atoms with Gasteiger partial charge in [-0.05, 0) is 46.6 Å². The first-order chi connectivity index (χ1) is 9.03. The Morgan fingerprint density at radius 1 is 1.16 bits per heavy atom. The first-order valence-electron chi connectivity index (χ1n) is 7.78. The minimum atomic E-state index is 0.256. The number of hydrogen-bond donors (Lipinski definition) is 1. The van der Waals surface area contributed by atoms with Gasteiger partial charge in [0.1, 0.15) is 5.82 Å². The van der Waals surface area contributed by atoms with Gasteiger partial charge in [-0.3, -0.25) is 0 Å². The lowest BCUT2D eigenvalue weighted by molar-refractivity contribution is 0.414. The molecule has 0 unspecified atom stereocenters. The summed E-state index contributed by atoms with van der Waals surface area (Å²) in [5.41, 5.74) is 0.256. The van der Waals surface area contributed by atoms with Gasteiger partial charge in [0.05, 0.1) is 0 Å². The lowest BCUT2D eigenvalue weighted by Crippen LogP contribution is -2.36. The van der Waals surface area contributed by atoms with Crippen LogP contribution in [0.2, 0.25) is 0 Å². The molecule has 0 aliphatic heterocycles. The highest BCUT2D eigenvalue weighted by Gasteiger charge is 2.07. The molecule has 3 nitrogen and oxygen atoms in total. The van der Waals surface area contributed by atoms with E-state index in [4.69, 9.17) is 0 Å². The zero-order valence-corrected chi connectivity index (χ0v) is 13.2. The normalized spacial score (nSPS) is 12.0. The molecule has 0 bridgehead atoms. The summed E-state index contributed by atoms with van der Waals surface area (Å²) in [6.45, 7) is 11.1. The molecule has 110 valence electrons. The lowest BCUT2D eigenvalue weighted by atomic mass is 10.1. The molecule has 0 amide bonds. The van der Waals surface area contributed by atoms with Crippen molar-refractivity contribution in [3.8, 4) is 0 Å². The Balaban J connectivity index is 2.06. The molecule has 0 fully saturated rings. The van der Waals surface area contributed by atoms with E-state index in [0.717, 1.165) is 19.5 Å². The molecule has 1 aromatic heterocycles. The van der Waals surface area contributed by atoms with E-state index in [9.17, 15) is 0 Å². The van der Waals surface area contributed by atoms with E-state index in [1.165, 1.54) is 37.9 Å². The monoisotopic (exact) mass is 265 g/mol. The standard InChI is InChI=1S/C16H31N3/c1-5-10-15-17-12-14-19(15)13-9-7-6-8-11-18-16(2,3)4/h12,14,18H,5-11,13H2,1-4H3. The van der Waals surface area contributed by atoms with Gasteiger partial charge in [-0.15, -0.1) is 0 Å². The van der Waals surface area contributed by atoms with Gasteiger partial charge in [0.15, 0.2) is 0 Å². The van der Waals surface area contributed by atoms with Crippen LogP contribution in [-0.2, 0) is 13.0 Å². The van der Waals surface area contributed by atoms with Crippen molar-refractivity contribution in [1.82, 2.24) is 14.9 Å². The maximum atomic E-state index is 4.41. The number of imidazole rings is 1. The Hall–Kier alpha value is -0.830. The molecule has 1 N–H and O–H groups in total. The molecule has 0 aromatic carbocycles. The third kappa shape index (κ3) is 7.36. The summed E-state index contributed by atoms with van der Waals surface area (Å²) in [6, 6.07) is 0. The molecule has 0 saturated heterocycles. The van der Waals surface area contributed by atoms with Gasteiger partial charge in [-0.25, -0.2) is 4.98 Å². The molecular weight excluding hydrogens is 234 g/mol. The van der Waals surface area contributed by atoms with Crippen LogP contribution in [0.15, 0.2) is 12.4 Å². The topological polar surface area (TPSA) is 29.9 Å². The van der Waals surface area contributed by atoms with Gasteiger partial charge < -0.3 is 9.88 Å². The number of aromatic nitrogens is 2. The Kier molecular flexibility index (Phi) is 7.14. The average Bonchev–Trinajstić information content (AvgIpc) is 2.75. The van der Waals surface area contributed by atoms with Crippen molar-refractivity contribution in [2.75, 3.05) is 6.54 Å². The number of nitrogens with zero attached hydrogens (tertiary/aromatic N) is 2. The van der Waals surface area contributed by atoms with Crippen LogP contribution >= 0.6 is 0 Å². The number of rotatable bonds is 9. The zero-order chi connectivity index (χ0) is 14.1. The fraction of sp³-hybridized carbons (Fsp3) is 0.812. The Morgan fingerprint density at radius 3 is 2.58 bits per heavy atom. The van der Waals surface area contributed by atoms with E-state index in [0.29, 0.717) is 0 Å². The summed E-state index contributed by atoms with van der Waals surface area (Å²) in [4.78, 5) is 4.41. The molecular formula is C16H31N3. The molecule has 0 aliphatic rings. The van der Waals surface area contributed by atoms with Crippen LogP contribution < -0.4 is 5.32 Å². The van der Waals surface area contributed by atoms with Crippen LogP contribution in [0.5, 0.6) is 0 Å². The van der Waals surface area contributed by atoms with Crippen molar-refractivity contribution in [2.45, 2.75) is 78.3 Å². The van der Waals surface area contributed by atoms with Crippen LogP contribution in [0.3, 0.4) is 0 Å². The second-order valence-electron chi connectivity index (χ2n) is 6.38. The Bertz CT molecular complexity index is 336. The van der Waals surface area contributed by atoms with E-state index in [-0.39, 0.29) is 5.54 Å². The van der Waals surface area contributed by atoms with Gasteiger partial charge in [0.25, 0.3) is 0 Å². The lowest BCUT2D eigenvalue weighted by Gasteiger charge is -2.20. The summed E-state index contributed by atoms with van der Waals surface area (Å²) >= 11 is 0. The third-order valence-electron chi connectivity index (χ3n) is 3.26. The van der Waals surface area contributed by atoms with Gasteiger partial charge in [-0.1, -0.05) is 19.8 Å². The Labute approximate surface area is 118 Å². The van der Waals surface area contributed by atoms with Gasteiger partial charge in [-0.2, -0.15) is 0 Å². The second-order valence-corrected chi connectivity index (χ2v) is 6.38. The number of nitrogens with one attached hydrogen (secondary N) is 1. The number of unbranched alkanes of at least 4 members (excludes halogenated alkanes) is 3. The summed E-state index contributed by atoms with van der Waals surface area (Å²) in [6.07, 6.45) is 11.5. The van der Waals surface area contributed by atoms with Crippen LogP contribution in [0, 0.1) is 0 Å². The predicted molar refractivity (Wildman–Crippen MR) is 82.4 cm³/mol. The van der Waals surface area contributed by atoms with E-state index in [2.05, 4.69) is 48.8 Å². The summed E-state index contributed by atoms with van der Waals surface area (Å²) in [5.74, 6) is 1.25. The maximum Gasteiger partial charge on any atom is 0.108 e.